The second-order valence-corrected chi connectivity index (χ2v) is 6.05. The van der Waals surface area contributed by atoms with Crippen LogP contribution in [0.3, 0.4) is 0 Å². The van der Waals surface area contributed by atoms with Crippen molar-refractivity contribution >= 4 is 17.7 Å². The van der Waals surface area contributed by atoms with Crippen LogP contribution in [0.5, 0.6) is 0 Å². The number of nitrogens with one attached hydrogen (secondary N) is 1. The van der Waals surface area contributed by atoms with Crippen LogP contribution in [0.2, 0.25) is 0 Å². The third-order valence-electron chi connectivity index (χ3n) is 4.05. The number of rotatable bonds is 2. The van der Waals surface area contributed by atoms with E-state index in [1.807, 2.05) is 0 Å². The zero-order valence-electron chi connectivity index (χ0n) is 13.9. The summed E-state index contributed by atoms with van der Waals surface area (Å²) >= 11 is 0. The molecule has 27 heavy (non-hydrogen) atoms. The highest BCUT2D eigenvalue weighted by atomic mass is 19.4. The third-order valence-corrected chi connectivity index (χ3v) is 4.05. The molecule has 1 aliphatic rings. The van der Waals surface area contributed by atoms with Crippen LogP contribution in [0.1, 0.15) is 28.4 Å². The van der Waals surface area contributed by atoms with Crippen LogP contribution in [-0.4, -0.2) is 6.34 Å². The molecular formula is C17H14F6N4. The van der Waals surface area contributed by atoms with Crippen molar-refractivity contribution in [1.82, 2.24) is 5.43 Å². The molecule has 0 fully saturated rings. The minimum absolute atomic E-state index is 0.0809. The molecule has 10 heteroatoms. The van der Waals surface area contributed by atoms with Gasteiger partial charge in [-0.3, -0.25) is 5.01 Å². The molecule has 0 bridgehead atoms. The first kappa shape index (κ1) is 19.0. The maximum Gasteiger partial charge on any atom is 0.416 e. The molecule has 2 aromatic rings. The zero-order chi connectivity index (χ0) is 20.0. The summed E-state index contributed by atoms with van der Waals surface area (Å²) in [5, 5.41) is 1.03. The van der Waals surface area contributed by atoms with E-state index in [0.717, 1.165) is 16.9 Å². The van der Waals surface area contributed by atoms with Crippen LogP contribution < -0.4 is 16.2 Å². The lowest BCUT2D eigenvalue weighted by atomic mass is 10.1. The minimum atomic E-state index is -4.92. The van der Waals surface area contributed by atoms with Crippen LogP contribution >= 0.6 is 0 Å². The van der Waals surface area contributed by atoms with E-state index in [0.29, 0.717) is 23.4 Å². The number of nitrogens with zero attached hydrogens (tertiary/aromatic N) is 2. The number of alkyl halides is 6. The fraction of sp³-hybridized carbons (Fsp3) is 0.235. The first-order chi connectivity index (χ1) is 12.4. The maximum absolute atomic E-state index is 13.0. The second kappa shape index (κ2) is 6.45. The molecular weight excluding hydrogens is 374 g/mol. The normalized spacial score (nSPS) is 17.6. The summed E-state index contributed by atoms with van der Waals surface area (Å²) in [6.07, 6.45) is -9.35. The summed E-state index contributed by atoms with van der Waals surface area (Å²) in [6, 6.07) is 6.40. The number of hydrogen-bond acceptors (Lipinski definition) is 4. The fourth-order valence-corrected chi connectivity index (χ4v) is 2.58. The SMILES string of the molecule is Cc1cc(C2N=CN(c3cc(C(F)(F)F)cc(C(F)(F)F)c3)N2)ccc1N. The quantitative estimate of drug-likeness (QED) is 0.581. The van der Waals surface area contributed by atoms with Gasteiger partial charge < -0.3 is 5.73 Å². The first-order valence-electron chi connectivity index (χ1n) is 7.69. The van der Waals surface area contributed by atoms with E-state index in [2.05, 4.69) is 10.4 Å². The number of nitrogen functional groups attached to an aromatic ring is 1. The number of nitrogens with two attached hydrogens (primary N) is 1. The van der Waals surface area contributed by atoms with E-state index in [-0.39, 0.29) is 11.8 Å². The molecule has 0 saturated carbocycles. The second-order valence-electron chi connectivity index (χ2n) is 6.05. The topological polar surface area (TPSA) is 53.6 Å². The van der Waals surface area contributed by atoms with E-state index < -0.39 is 29.6 Å². The van der Waals surface area contributed by atoms with Crippen molar-refractivity contribution in [1.29, 1.82) is 0 Å². The summed E-state index contributed by atoms with van der Waals surface area (Å²) in [4.78, 5) is 4.10. The fourth-order valence-electron chi connectivity index (χ4n) is 2.58. The molecule has 1 aliphatic heterocycles. The average Bonchev–Trinajstić information content (AvgIpc) is 3.05. The van der Waals surface area contributed by atoms with Crippen molar-refractivity contribution in [2.45, 2.75) is 25.4 Å². The van der Waals surface area contributed by atoms with Crippen molar-refractivity contribution in [3.05, 3.63) is 58.7 Å². The zero-order valence-corrected chi connectivity index (χ0v) is 13.9. The molecule has 0 amide bonds. The van der Waals surface area contributed by atoms with Crippen molar-refractivity contribution < 1.29 is 26.3 Å². The molecule has 2 aromatic carbocycles. The largest absolute Gasteiger partial charge is 0.416 e. The Kier molecular flexibility index (Phi) is 4.54. The van der Waals surface area contributed by atoms with Gasteiger partial charge in [0.15, 0.2) is 0 Å². The van der Waals surface area contributed by atoms with Crippen LogP contribution in [0.15, 0.2) is 41.4 Å². The third kappa shape index (κ3) is 4.00. The van der Waals surface area contributed by atoms with Gasteiger partial charge in [-0.15, -0.1) is 0 Å². The number of anilines is 2. The lowest BCUT2D eigenvalue weighted by Gasteiger charge is -2.21. The van der Waals surface area contributed by atoms with Crippen LogP contribution in [0.25, 0.3) is 0 Å². The molecule has 0 spiro atoms. The van der Waals surface area contributed by atoms with Gasteiger partial charge in [-0.05, 0) is 42.3 Å². The van der Waals surface area contributed by atoms with E-state index in [9.17, 15) is 26.3 Å². The summed E-state index contributed by atoms with van der Waals surface area (Å²) in [6.45, 7) is 1.78. The summed E-state index contributed by atoms with van der Waals surface area (Å²) in [5.41, 5.74) is 7.40. The van der Waals surface area contributed by atoms with Gasteiger partial charge in [0.2, 0.25) is 0 Å². The Balaban J connectivity index is 1.93. The Morgan fingerprint density at radius 3 is 2.07 bits per heavy atom. The molecule has 3 rings (SSSR count). The smallest absolute Gasteiger partial charge is 0.399 e. The number of halogens is 6. The van der Waals surface area contributed by atoms with Gasteiger partial charge in [0, 0.05) is 5.69 Å². The Hall–Kier alpha value is -2.75. The molecule has 1 unspecified atom stereocenters. The van der Waals surface area contributed by atoms with Crippen molar-refractivity contribution in [2.75, 3.05) is 10.7 Å². The molecule has 1 atom stereocenters. The average molecular weight is 388 g/mol. The van der Waals surface area contributed by atoms with Gasteiger partial charge in [-0.1, -0.05) is 12.1 Å². The first-order valence-corrected chi connectivity index (χ1v) is 7.69. The predicted molar refractivity (Wildman–Crippen MR) is 88.9 cm³/mol. The molecule has 3 N–H and O–H groups in total. The van der Waals surface area contributed by atoms with E-state index in [1.54, 1.807) is 25.1 Å². The standard InChI is InChI=1S/C17H14F6N4/c1-9-4-10(2-3-14(9)24)15-25-8-27(26-15)13-6-11(16(18,19)20)5-12(7-13)17(21,22)23/h2-8,15,26H,24H2,1H3. The molecule has 0 radical (unpaired) electrons. The Morgan fingerprint density at radius 2 is 1.56 bits per heavy atom. The van der Waals surface area contributed by atoms with Crippen molar-refractivity contribution in [2.24, 2.45) is 4.99 Å². The summed E-state index contributed by atoms with van der Waals surface area (Å²) < 4.78 is 78.0. The highest BCUT2D eigenvalue weighted by Crippen LogP contribution is 2.38. The summed E-state index contributed by atoms with van der Waals surface area (Å²) in [7, 11) is 0. The number of aliphatic imine (C=N–C) groups is 1. The van der Waals surface area contributed by atoms with Gasteiger partial charge in [0.1, 0.15) is 12.5 Å². The van der Waals surface area contributed by atoms with E-state index >= 15 is 0 Å². The van der Waals surface area contributed by atoms with E-state index in [4.69, 9.17) is 5.73 Å². The van der Waals surface area contributed by atoms with Crippen LogP contribution in [0, 0.1) is 6.92 Å². The Labute approximate surface area is 150 Å². The molecule has 4 nitrogen and oxygen atoms in total. The van der Waals surface area contributed by atoms with Crippen LogP contribution in [-0.2, 0) is 12.4 Å². The lowest BCUT2D eigenvalue weighted by Crippen LogP contribution is -2.33. The highest BCUT2D eigenvalue weighted by Gasteiger charge is 2.37. The summed E-state index contributed by atoms with van der Waals surface area (Å²) in [5.74, 6) is 0. The lowest BCUT2D eigenvalue weighted by molar-refractivity contribution is -0.143. The van der Waals surface area contributed by atoms with Gasteiger partial charge >= 0.3 is 12.4 Å². The predicted octanol–water partition coefficient (Wildman–Crippen LogP) is 4.67. The van der Waals surface area contributed by atoms with E-state index in [1.165, 1.54) is 0 Å². The van der Waals surface area contributed by atoms with Gasteiger partial charge in [-0.2, -0.15) is 31.8 Å². The van der Waals surface area contributed by atoms with Crippen molar-refractivity contribution in [3.8, 4) is 0 Å². The van der Waals surface area contributed by atoms with Crippen molar-refractivity contribution in [3.63, 3.8) is 0 Å². The molecule has 144 valence electrons. The number of aryl methyl sites for hydroxylation is 1. The highest BCUT2D eigenvalue weighted by molar-refractivity contribution is 5.80. The Bertz CT molecular complexity index is 856. The molecule has 0 aliphatic carbocycles. The molecule has 0 aromatic heterocycles. The number of hydrogen-bond donors (Lipinski definition) is 2. The number of benzene rings is 2. The van der Waals surface area contributed by atoms with Gasteiger partial charge in [-0.25, -0.2) is 4.99 Å². The molecule has 0 saturated heterocycles. The van der Waals surface area contributed by atoms with Gasteiger partial charge in [0.05, 0.1) is 16.8 Å². The van der Waals surface area contributed by atoms with Gasteiger partial charge in [0.25, 0.3) is 0 Å². The van der Waals surface area contributed by atoms with Crippen LogP contribution in [0.4, 0.5) is 37.7 Å². The monoisotopic (exact) mass is 388 g/mol. The number of hydrazine groups is 1. The maximum atomic E-state index is 13.0. The Morgan fingerprint density at radius 1 is 0.963 bits per heavy atom. The minimum Gasteiger partial charge on any atom is -0.399 e. The molecule has 1 heterocycles.